The van der Waals surface area contributed by atoms with Crippen molar-refractivity contribution in [3.63, 3.8) is 0 Å². The first-order chi connectivity index (χ1) is 3.50. The van der Waals surface area contributed by atoms with Gasteiger partial charge in [0.25, 0.3) is 0 Å². The molecule has 2 nitrogen and oxygen atoms in total. The van der Waals surface area contributed by atoms with Gasteiger partial charge in [-0.2, -0.15) is 0 Å². The maximum absolute atomic E-state index is 10.3. The fourth-order valence-electron chi connectivity index (χ4n) is 0.151. The molecule has 0 saturated heterocycles. The first-order valence-electron chi connectivity index (χ1n) is 2.74. The molecule has 0 radical (unpaired) electrons. The van der Waals surface area contributed by atoms with Crippen molar-refractivity contribution < 1.29 is 12.8 Å². The molecular formula is C6H14CaO2. The molecule has 3 heteroatoms. The van der Waals surface area contributed by atoms with Gasteiger partial charge in [0.2, 0.25) is 0 Å². The summed E-state index contributed by atoms with van der Waals surface area (Å²) in [6.07, 6.45) is 0.683. The molecule has 0 atom stereocenters. The van der Waals surface area contributed by atoms with Crippen LogP contribution in [-0.4, -0.2) is 48.8 Å². The molecule has 0 spiro atoms. The molecule has 1 N–H and O–H groups in total. The Bertz CT molecular complexity index is 107. The minimum atomic E-state index is -0.722. The number of hydrogen-bond acceptors (Lipinski definition) is 1. The minimum Gasteiger partial charge on any atom is -1.00 e. The predicted molar refractivity (Wildman–Crippen MR) is 39.7 cm³/mol. The van der Waals surface area contributed by atoms with Crippen LogP contribution in [0.3, 0.4) is 0 Å². The Kier molecular flexibility index (Phi) is 6.25. The smallest absolute Gasteiger partial charge is 1.00 e. The standard InChI is InChI=1S/C6H12O2.Ca.2H/c1-4-6(2,3)5(7)8;;;/h4H2,1-3H3,(H,7,8);;;/q;+2;2*-1. The van der Waals surface area contributed by atoms with Crippen molar-refractivity contribution >= 4 is 43.7 Å². The zero-order chi connectivity index (χ0) is 6.78. The maximum atomic E-state index is 10.3. The van der Waals surface area contributed by atoms with Gasteiger partial charge in [-0.05, 0) is 20.3 Å². The molecular weight excluding hydrogens is 144 g/mol. The topological polar surface area (TPSA) is 37.3 Å². The second-order valence-electron chi connectivity index (χ2n) is 2.54. The van der Waals surface area contributed by atoms with Crippen molar-refractivity contribution in [1.82, 2.24) is 0 Å². The Balaban J connectivity index is -0.0000000817. The normalized spacial score (nSPS) is 10.1. The zero-order valence-electron chi connectivity index (χ0n) is 8.27. The summed E-state index contributed by atoms with van der Waals surface area (Å²) < 4.78 is 0. The average molecular weight is 158 g/mol. The van der Waals surface area contributed by atoms with Gasteiger partial charge in [0.1, 0.15) is 0 Å². The third kappa shape index (κ3) is 4.18. The molecule has 0 aliphatic rings. The molecule has 0 unspecified atom stereocenters. The summed E-state index contributed by atoms with van der Waals surface area (Å²) in [5, 5.41) is 8.44. The SMILES string of the molecule is CCC(C)(C)C(=O)O.[Ca+2].[H-].[H-]. The van der Waals surface area contributed by atoms with Crippen molar-refractivity contribution in [2.45, 2.75) is 27.2 Å². The molecule has 0 fully saturated rings. The predicted octanol–water partition coefficient (Wildman–Crippen LogP) is 1.35. The summed E-state index contributed by atoms with van der Waals surface area (Å²) in [6, 6.07) is 0. The number of carboxylic acids is 1. The fourth-order valence-corrected chi connectivity index (χ4v) is 0.151. The first-order valence-corrected chi connectivity index (χ1v) is 2.74. The molecule has 0 rings (SSSR count). The Morgan fingerprint density at radius 2 is 2.00 bits per heavy atom. The molecule has 52 valence electrons. The Hall–Kier alpha value is 0.730. The molecule has 0 saturated carbocycles. The van der Waals surface area contributed by atoms with E-state index in [-0.39, 0.29) is 40.6 Å². The van der Waals surface area contributed by atoms with Crippen LogP contribution in [0.15, 0.2) is 0 Å². The first kappa shape index (κ1) is 12.4. The molecule has 0 aromatic rings. The van der Waals surface area contributed by atoms with Crippen LogP contribution in [0.1, 0.15) is 30.0 Å². The second kappa shape index (κ2) is 4.53. The van der Waals surface area contributed by atoms with E-state index in [1.807, 2.05) is 6.92 Å². The average Bonchev–Trinajstić information content (AvgIpc) is 1.67. The second-order valence-corrected chi connectivity index (χ2v) is 2.54. The van der Waals surface area contributed by atoms with Crippen LogP contribution < -0.4 is 0 Å². The van der Waals surface area contributed by atoms with Crippen molar-refractivity contribution in [3.8, 4) is 0 Å². The van der Waals surface area contributed by atoms with Crippen molar-refractivity contribution in [2.24, 2.45) is 5.41 Å². The maximum Gasteiger partial charge on any atom is 2.00 e. The summed E-state index contributed by atoms with van der Waals surface area (Å²) in [4.78, 5) is 10.3. The molecule has 0 aromatic heterocycles. The van der Waals surface area contributed by atoms with E-state index in [0.29, 0.717) is 6.42 Å². The van der Waals surface area contributed by atoms with Crippen LogP contribution in [0.2, 0.25) is 0 Å². The molecule has 0 bridgehead atoms. The van der Waals surface area contributed by atoms with Crippen LogP contribution in [0.25, 0.3) is 0 Å². The van der Waals surface area contributed by atoms with Gasteiger partial charge < -0.3 is 7.96 Å². The summed E-state index contributed by atoms with van der Waals surface area (Å²) in [5.41, 5.74) is -0.542. The largest absolute Gasteiger partial charge is 2.00 e. The molecule has 0 aromatic carbocycles. The summed E-state index contributed by atoms with van der Waals surface area (Å²) in [5.74, 6) is -0.722. The van der Waals surface area contributed by atoms with Crippen molar-refractivity contribution in [3.05, 3.63) is 0 Å². The summed E-state index contributed by atoms with van der Waals surface area (Å²) in [6.45, 7) is 5.30. The van der Waals surface area contributed by atoms with Gasteiger partial charge in [0.15, 0.2) is 0 Å². The van der Waals surface area contributed by atoms with Crippen LogP contribution in [-0.2, 0) is 4.79 Å². The van der Waals surface area contributed by atoms with Crippen LogP contribution in [0.4, 0.5) is 0 Å². The van der Waals surface area contributed by atoms with Gasteiger partial charge >= 0.3 is 43.7 Å². The van der Waals surface area contributed by atoms with E-state index in [9.17, 15) is 4.79 Å². The number of carbonyl (C=O) groups is 1. The summed E-state index contributed by atoms with van der Waals surface area (Å²) >= 11 is 0. The monoisotopic (exact) mass is 158 g/mol. The Morgan fingerprint density at radius 1 is 1.67 bits per heavy atom. The number of carboxylic acid groups (broad SMARTS) is 1. The van der Waals surface area contributed by atoms with Crippen molar-refractivity contribution in [1.29, 1.82) is 0 Å². The van der Waals surface area contributed by atoms with Crippen molar-refractivity contribution in [2.75, 3.05) is 0 Å². The third-order valence-electron chi connectivity index (χ3n) is 1.46. The number of hydrogen-bond donors (Lipinski definition) is 1. The van der Waals surface area contributed by atoms with E-state index >= 15 is 0 Å². The van der Waals surface area contributed by atoms with Gasteiger partial charge in [0, 0.05) is 0 Å². The zero-order valence-corrected chi connectivity index (χ0v) is 8.48. The molecule has 0 heterocycles. The van der Waals surface area contributed by atoms with E-state index < -0.39 is 11.4 Å². The molecule has 9 heavy (non-hydrogen) atoms. The molecule has 0 aliphatic carbocycles. The van der Waals surface area contributed by atoms with Gasteiger partial charge in [0.05, 0.1) is 5.41 Å². The molecule has 0 amide bonds. The van der Waals surface area contributed by atoms with Gasteiger partial charge in [-0.3, -0.25) is 4.79 Å². The fraction of sp³-hybridized carbons (Fsp3) is 0.833. The Labute approximate surface area is 88.6 Å². The quantitative estimate of drug-likeness (QED) is 0.616. The summed E-state index contributed by atoms with van der Waals surface area (Å²) in [7, 11) is 0. The van der Waals surface area contributed by atoms with E-state index in [0.717, 1.165) is 0 Å². The van der Waals surface area contributed by atoms with Crippen LogP contribution in [0, 0.1) is 5.41 Å². The van der Waals surface area contributed by atoms with Crippen LogP contribution in [0.5, 0.6) is 0 Å². The number of aliphatic carboxylic acids is 1. The van der Waals surface area contributed by atoms with Gasteiger partial charge in [-0.15, -0.1) is 0 Å². The van der Waals surface area contributed by atoms with E-state index in [2.05, 4.69) is 0 Å². The van der Waals surface area contributed by atoms with E-state index in [1.165, 1.54) is 0 Å². The third-order valence-corrected chi connectivity index (χ3v) is 1.46. The minimum absolute atomic E-state index is 0. The van der Waals surface area contributed by atoms with Gasteiger partial charge in [-0.1, -0.05) is 6.92 Å². The van der Waals surface area contributed by atoms with Crippen LogP contribution >= 0.6 is 0 Å². The van der Waals surface area contributed by atoms with Gasteiger partial charge in [-0.25, -0.2) is 0 Å². The number of rotatable bonds is 2. The molecule has 0 aliphatic heterocycles. The Morgan fingerprint density at radius 3 is 2.00 bits per heavy atom. The van der Waals surface area contributed by atoms with E-state index in [4.69, 9.17) is 5.11 Å². The van der Waals surface area contributed by atoms with E-state index in [1.54, 1.807) is 13.8 Å².